The molecule has 1 saturated heterocycles. The number of rotatable bonds is 1. The molecule has 1 aliphatic heterocycles. The third-order valence-electron chi connectivity index (χ3n) is 2.04. The Labute approximate surface area is 93.9 Å². The molecule has 0 aromatic rings. The highest BCUT2D eigenvalue weighted by molar-refractivity contribution is 5.87. The van der Waals surface area contributed by atoms with Crippen LogP contribution in [0.4, 0.5) is 4.79 Å². The summed E-state index contributed by atoms with van der Waals surface area (Å²) in [5, 5.41) is 12.3. The van der Waals surface area contributed by atoms with Gasteiger partial charge in [-0.3, -0.25) is 5.32 Å². The number of aliphatic hydroxyl groups is 1. The van der Waals surface area contributed by atoms with E-state index in [2.05, 4.69) is 10.1 Å². The summed E-state index contributed by atoms with van der Waals surface area (Å²) in [6.07, 6.45) is -0.214. The van der Waals surface area contributed by atoms with E-state index in [0.29, 0.717) is 13.0 Å². The number of carbonyl (C=O) groups is 2. The highest BCUT2D eigenvalue weighted by atomic mass is 16.8. The van der Waals surface area contributed by atoms with Crippen molar-refractivity contribution in [2.75, 3.05) is 6.54 Å². The molecule has 6 nitrogen and oxygen atoms in total. The van der Waals surface area contributed by atoms with E-state index < -0.39 is 23.5 Å². The summed E-state index contributed by atoms with van der Waals surface area (Å²) in [6, 6.07) is 0. The molecular weight excluding hydrogens is 214 g/mol. The lowest BCUT2D eigenvalue weighted by Gasteiger charge is -2.22. The maximum Gasteiger partial charge on any atom is 0.516 e. The van der Waals surface area contributed by atoms with E-state index in [9.17, 15) is 14.7 Å². The summed E-state index contributed by atoms with van der Waals surface area (Å²) in [6.45, 7) is 5.48. The number of nitrogens with one attached hydrogen (secondary N) is 1. The molecule has 2 N–H and O–H groups in total. The topological polar surface area (TPSA) is 84.9 Å². The molecule has 0 aliphatic carbocycles. The largest absolute Gasteiger partial charge is 0.516 e. The van der Waals surface area contributed by atoms with E-state index >= 15 is 0 Å². The monoisotopic (exact) mass is 231 g/mol. The Hall–Kier alpha value is -1.14. The number of hydrogen-bond donors (Lipinski definition) is 2. The van der Waals surface area contributed by atoms with Crippen molar-refractivity contribution in [1.29, 1.82) is 0 Å². The van der Waals surface area contributed by atoms with Crippen molar-refractivity contribution in [1.82, 2.24) is 5.32 Å². The predicted octanol–water partition coefficient (Wildman–Crippen LogP) is 0.537. The molecule has 1 fully saturated rings. The number of carbonyl (C=O) groups excluding carboxylic acids is 2. The summed E-state index contributed by atoms with van der Waals surface area (Å²) in [5.74, 6) is -1.01. The third kappa shape index (κ3) is 3.46. The van der Waals surface area contributed by atoms with Gasteiger partial charge in [-0.2, -0.15) is 0 Å². The first-order valence-electron chi connectivity index (χ1n) is 5.16. The van der Waals surface area contributed by atoms with Crippen molar-refractivity contribution in [2.24, 2.45) is 0 Å². The van der Waals surface area contributed by atoms with Crippen molar-refractivity contribution in [3.63, 3.8) is 0 Å². The first kappa shape index (κ1) is 12.9. The first-order chi connectivity index (χ1) is 7.23. The van der Waals surface area contributed by atoms with Gasteiger partial charge in [0, 0.05) is 6.42 Å². The normalized spacial score (nSPS) is 25.2. The quantitative estimate of drug-likeness (QED) is 0.506. The predicted molar refractivity (Wildman–Crippen MR) is 54.5 cm³/mol. The Morgan fingerprint density at radius 3 is 2.44 bits per heavy atom. The van der Waals surface area contributed by atoms with Gasteiger partial charge in [-0.1, -0.05) is 0 Å². The van der Waals surface area contributed by atoms with Gasteiger partial charge < -0.3 is 14.6 Å². The van der Waals surface area contributed by atoms with Gasteiger partial charge >= 0.3 is 12.1 Å². The van der Waals surface area contributed by atoms with Crippen molar-refractivity contribution in [3.05, 3.63) is 0 Å². The Balaban J connectivity index is 2.48. The van der Waals surface area contributed by atoms with Crippen LogP contribution in [0.25, 0.3) is 0 Å². The Morgan fingerprint density at radius 1 is 1.38 bits per heavy atom. The zero-order valence-electron chi connectivity index (χ0n) is 9.70. The fourth-order valence-corrected chi connectivity index (χ4v) is 1.33. The molecule has 0 saturated carbocycles. The van der Waals surface area contributed by atoms with Gasteiger partial charge in [-0.05, 0) is 33.7 Å². The fourth-order valence-electron chi connectivity index (χ4n) is 1.33. The lowest BCUT2D eigenvalue weighted by molar-refractivity contribution is -0.164. The Morgan fingerprint density at radius 2 is 2.00 bits per heavy atom. The molecule has 0 spiro atoms. The van der Waals surface area contributed by atoms with Crippen LogP contribution in [0, 0.1) is 0 Å². The minimum absolute atomic E-state index is 0.231. The van der Waals surface area contributed by atoms with E-state index in [1.54, 1.807) is 20.8 Å². The summed E-state index contributed by atoms with van der Waals surface area (Å²) in [5.41, 5.74) is -2.49. The molecule has 0 amide bonds. The van der Waals surface area contributed by atoms with Gasteiger partial charge in [0.05, 0.1) is 0 Å². The van der Waals surface area contributed by atoms with Gasteiger partial charge in [-0.25, -0.2) is 9.59 Å². The van der Waals surface area contributed by atoms with E-state index in [1.165, 1.54) is 0 Å². The average Bonchev–Trinajstić information content (AvgIpc) is 2.49. The average molecular weight is 231 g/mol. The van der Waals surface area contributed by atoms with Gasteiger partial charge in [-0.15, -0.1) is 0 Å². The van der Waals surface area contributed by atoms with Crippen LogP contribution < -0.4 is 5.32 Å². The van der Waals surface area contributed by atoms with Crippen LogP contribution in [0.3, 0.4) is 0 Å². The van der Waals surface area contributed by atoms with Gasteiger partial charge in [0.15, 0.2) is 0 Å². The number of esters is 1. The highest BCUT2D eigenvalue weighted by Gasteiger charge is 2.42. The maximum absolute atomic E-state index is 11.4. The molecule has 0 aromatic carbocycles. The molecular formula is C10H17NO5. The second-order valence-corrected chi connectivity index (χ2v) is 4.74. The second-order valence-electron chi connectivity index (χ2n) is 4.74. The molecule has 0 unspecified atom stereocenters. The number of hydrogen-bond acceptors (Lipinski definition) is 6. The van der Waals surface area contributed by atoms with Crippen LogP contribution >= 0.6 is 0 Å². The fraction of sp³-hybridized carbons (Fsp3) is 0.800. The maximum atomic E-state index is 11.4. The molecule has 0 bridgehead atoms. The Bertz CT molecular complexity index is 288. The lowest BCUT2D eigenvalue weighted by atomic mass is 10.2. The Kier molecular flexibility index (Phi) is 3.54. The van der Waals surface area contributed by atoms with Crippen LogP contribution in [0.1, 0.15) is 33.6 Å². The van der Waals surface area contributed by atoms with Crippen LogP contribution in [0.2, 0.25) is 0 Å². The van der Waals surface area contributed by atoms with Crippen LogP contribution in [0.5, 0.6) is 0 Å². The van der Waals surface area contributed by atoms with E-state index in [1.807, 2.05) is 0 Å². The highest BCUT2D eigenvalue weighted by Crippen LogP contribution is 2.18. The molecule has 1 rings (SSSR count). The van der Waals surface area contributed by atoms with Gasteiger partial charge in [0.1, 0.15) is 5.60 Å². The van der Waals surface area contributed by atoms with E-state index in [-0.39, 0.29) is 6.42 Å². The minimum Gasteiger partial charge on any atom is -0.428 e. The second kappa shape index (κ2) is 4.39. The molecule has 92 valence electrons. The van der Waals surface area contributed by atoms with Crippen molar-refractivity contribution in [3.8, 4) is 0 Å². The molecule has 0 aromatic heterocycles. The van der Waals surface area contributed by atoms with Crippen molar-refractivity contribution < 1.29 is 24.2 Å². The molecule has 0 radical (unpaired) electrons. The van der Waals surface area contributed by atoms with Crippen LogP contribution in [0.15, 0.2) is 0 Å². The van der Waals surface area contributed by atoms with Crippen molar-refractivity contribution >= 4 is 12.1 Å². The molecule has 1 heterocycles. The summed E-state index contributed by atoms with van der Waals surface area (Å²) >= 11 is 0. The molecule has 1 atom stereocenters. The lowest BCUT2D eigenvalue weighted by Crippen LogP contribution is -2.49. The van der Waals surface area contributed by atoms with E-state index in [4.69, 9.17) is 4.74 Å². The van der Waals surface area contributed by atoms with Crippen molar-refractivity contribution in [2.45, 2.75) is 44.9 Å². The van der Waals surface area contributed by atoms with Gasteiger partial charge in [0.2, 0.25) is 5.72 Å². The standard InChI is InChI=1S/C10H17NO5/c1-9(2,3)16-8(13)15-7(12)10(14)5-4-6-11-10/h11,14H,4-6H2,1-3H3/t10-/m1/s1. The zero-order chi connectivity index (χ0) is 12.4. The summed E-state index contributed by atoms with van der Waals surface area (Å²) in [4.78, 5) is 22.6. The summed E-state index contributed by atoms with van der Waals surface area (Å²) in [7, 11) is 0. The van der Waals surface area contributed by atoms with Crippen LogP contribution in [-0.2, 0) is 14.3 Å². The molecule has 1 aliphatic rings. The molecule has 6 heteroatoms. The smallest absolute Gasteiger partial charge is 0.428 e. The molecule has 16 heavy (non-hydrogen) atoms. The SMILES string of the molecule is CC(C)(C)OC(=O)OC(=O)[C@]1(O)CCCN1. The van der Waals surface area contributed by atoms with Crippen LogP contribution in [-0.4, -0.2) is 35.1 Å². The summed E-state index contributed by atoms with van der Waals surface area (Å²) < 4.78 is 9.19. The third-order valence-corrected chi connectivity index (χ3v) is 2.04. The number of ether oxygens (including phenoxy) is 2. The minimum atomic E-state index is -1.75. The zero-order valence-corrected chi connectivity index (χ0v) is 9.70. The van der Waals surface area contributed by atoms with E-state index in [0.717, 1.165) is 0 Å². The van der Waals surface area contributed by atoms with Gasteiger partial charge in [0.25, 0.3) is 0 Å². The first-order valence-corrected chi connectivity index (χ1v) is 5.16.